The number of aliphatic hydroxyl groups is 1. The highest BCUT2D eigenvalue weighted by molar-refractivity contribution is 14.0. The molecule has 1 heterocycles. The number of nitrogens with zero attached hydrogens (tertiary/aromatic N) is 2. The number of hydrogen-bond acceptors (Lipinski definition) is 3. The maximum Gasteiger partial charge on any atom is 0.193 e. The SMILES string of the molecule is CN=C(NCC1(O)CCc2ccccc21)N1CCC(OCC2CC2)CC1.I. The van der Waals surface area contributed by atoms with Crippen LogP contribution in [0.25, 0.3) is 0 Å². The summed E-state index contributed by atoms with van der Waals surface area (Å²) < 4.78 is 6.04. The highest BCUT2D eigenvalue weighted by atomic mass is 127. The van der Waals surface area contributed by atoms with Crippen molar-refractivity contribution in [3.8, 4) is 0 Å². The molecule has 0 bridgehead atoms. The van der Waals surface area contributed by atoms with E-state index in [9.17, 15) is 5.11 Å². The fraction of sp³-hybridized carbons (Fsp3) is 0.667. The third-order valence-electron chi connectivity index (χ3n) is 6.08. The zero-order valence-electron chi connectivity index (χ0n) is 16.2. The third kappa shape index (κ3) is 4.95. The maximum absolute atomic E-state index is 11.1. The van der Waals surface area contributed by atoms with Crippen molar-refractivity contribution >= 4 is 29.9 Å². The van der Waals surface area contributed by atoms with Gasteiger partial charge in [0.15, 0.2) is 5.96 Å². The van der Waals surface area contributed by atoms with Crippen molar-refractivity contribution in [3.63, 3.8) is 0 Å². The van der Waals surface area contributed by atoms with E-state index in [0.29, 0.717) is 12.6 Å². The van der Waals surface area contributed by atoms with Gasteiger partial charge in [0.25, 0.3) is 0 Å². The summed E-state index contributed by atoms with van der Waals surface area (Å²) in [5, 5.41) is 14.5. The molecule has 0 radical (unpaired) electrons. The number of aryl methyl sites for hydroxylation is 1. The van der Waals surface area contributed by atoms with Crippen LogP contribution >= 0.6 is 24.0 Å². The lowest BCUT2D eigenvalue weighted by atomic mass is 9.96. The minimum Gasteiger partial charge on any atom is -0.383 e. The van der Waals surface area contributed by atoms with Crippen LogP contribution in [-0.4, -0.2) is 55.4 Å². The number of guanidine groups is 1. The second-order valence-electron chi connectivity index (χ2n) is 8.05. The van der Waals surface area contributed by atoms with Gasteiger partial charge >= 0.3 is 0 Å². The van der Waals surface area contributed by atoms with Crippen LogP contribution in [0.4, 0.5) is 0 Å². The second-order valence-corrected chi connectivity index (χ2v) is 8.05. The molecule has 0 amide bonds. The van der Waals surface area contributed by atoms with E-state index >= 15 is 0 Å². The highest BCUT2D eigenvalue weighted by Crippen LogP contribution is 2.36. The fourth-order valence-corrected chi connectivity index (χ4v) is 4.20. The lowest BCUT2D eigenvalue weighted by Crippen LogP contribution is -2.50. The number of hydrogen-bond donors (Lipinski definition) is 2. The number of ether oxygens (including phenoxy) is 1. The molecule has 27 heavy (non-hydrogen) atoms. The van der Waals surface area contributed by atoms with Crippen molar-refractivity contribution in [2.24, 2.45) is 10.9 Å². The summed E-state index contributed by atoms with van der Waals surface area (Å²) in [6, 6.07) is 8.23. The molecule has 150 valence electrons. The van der Waals surface area contributed by atoms with Crippen LogP contribution in [0, 0.1) is 5.92 Å². The molecule has 2 N–H and O–H groups in total. The molecule has 1 aromatic rings. The largest absolute Gasteiger partial charge is 0.383 e. The Balaban J connectivity index is 0.00000210. The minimum absolute atomic E-state index is 0. The summed E-state index contributed by atoms with van der Waals surface area (Å²) in [4.78, 5) is 6.74. The van der Waals surface area contributed by atoms with E-state index in [-0.39, 0.29) is 24.0 Å². The third-order valence-corrected chi connectivity index (χ3v) is 6.08. The Morgan fingerprint density at radius 2 is 2.00 bits per heavy atom. The molecule has 5 nitrogen and oxygen atoms in total. The van der Waals surface area contributed by atoms with Crippen molar-refractivity contribution < 1.29 is 9.84 Å². The van der Waals surface area contributed by atoms with Crippen LogP contribution in [0.3, 0.4) is 0 Å². The number of likely N-dealkylation sites (tertiary alicyclic amines) is 1. The normalized spacial score (nSPS) is 25.9. The Kier molecular flexibility index (Phi) is 7.03. The summed E-state index contributed by atoms with van der Waals surface area (Å²) in [5.41, 5.74) is 1.54. The molecular weight excluding hydrogens is 453 g/mol. The minimum atomic E-state index is -0.793. The molecule has 1 saturated carbocycles. The van der Waals surface area contributed by atoms with Gasteiger partial charge < -0.3 is 20.1 Å². The Hall–Kier alpha value is -0.860. The number of nitrogens with one attached hydrogen (secondary N) is 1. The van der Waals surface area contributed by atoms with E-state index in [2.05, 4.69) is 27.3 Å². The Bertz CT molecular complexity index is 657. The predicted octanol–water partition coefficient (Wildman–Crippen LogP) is 2.90. The number of benzene rings is 1. The summed E-state index contributed by atoms with van der Waals surface area (Å²) in [6.07, 6.45) is 6.92. The van der Waals surface area contributed by atoms with Crippen LogP contribution in [-0.2, 0) is 16.8 Å². The topological polar surface area (TPSA) is 57.1 Å². The fourth-order valence-electron chi connectivity index (χ4n) is 4.20. The average Bonchev–Trinajstić information content (AvgIpc) is 3.45. The standard InChI is InChI=1S/C21H31N3O2.HI/c1-22-20(24-12-9-18(10-13-24)26-14-16-6-7-16)23-15-21(25)11-8-17-4-2-3-5-19(17)21;/h2-5,16,18,25H,6-15H2,1H3,(H,22,23);1H. The molecular formula is C21H32IN3O2. The van der Waals surface area contributed by atoms with E-state index < -0.39 is 5.60 Å². The smallest absolute Gasteiger partial charge is 0.193 e. The monoisotopic (exact) mass is 485 g/mol. The van der Waals surface area contributed by atoms with Gasteiger partial charge in [-0.15, -0.1) is 24.0 Å². The Labute approximate surface area is 179 Å². The van der Waals surface area contributed by atoms with Crippen molar-refractivity contribution in [2.75, 3.05) is 33.3 Å². The average molecular weight is 485 g/mol. The first kappa shape index (κ1) is 20.9. The molecule has 3 aliphatic rings. The van der Waals surface area contributed by atoms with Crippen molar-refractivity contribution in [3.05, 3.63) is 35.4 Å². The van der Waals surface area contributed by atoms with Gasteiger partial charge in [-0.25, -0.2) is 0 Å². The zero-order chi connectivity index (χ0) is 18.0. The predicted molar refractivity (Wildman–Crippen MR) is 119 cm³/mol. The van der Waals surface area contributed by atoms with Crippen LogP contribution in [0.2, 0.25) is 0 Å². The zero-order valence-corrected chi connectivity index (χ0v) is 18.5. The highest BCUT2D eigenvalue weighted by Gasteiger charge is 2.37. The molecule has 1 unspecified atom stereocenters. The number of piperidine rings is 1. The van der Waals surface area contributed by atoms with Crippen LogP contribution in [0.15, 0.2) is 29.3 Å². The van der Waals surface area contributed by atoms with Crippen molar-refractivity contribution in [1.82, 2.24) is 10.2 Å². The molecule has 4 rings (SSSR count). The van der Waals surface area contributed by atoms with Crippen molar-refractivity contribution in [1.29, 1.82) is 0 Å². The molecule has 1 saturated heterocycles. The van der Waals surface area contributed by atoms with Gasteiger partial charge in [-0.3, -0.25) is 4.99 Å². The molecule has 0 aromatic heterocycles. The number of aliphatic imine (C=N–C) groups is 1. The molecule has 6 heteroatoms. The van der Waals surface area contributed by atoms with Gasteiger partial charge in [-0.2, -0.15) is 0 Å². The first-order valence-electron chi connectivity index (χ1n) is 10.1. The van der Waals surface area contributed by atoms with Gasteiger partial charge in [-0.05, 0) is 55.6 Å². The summed E-state index contributed by atoms with van der Waals surface area (Å²) in [7, 11) is 1.82. The van der Waals surface area contributed by atoms with Crippen LogP contribution < -0.4 is 5.32 Å². The van der Waals surface area contributed by atoms with E-state index in [1.54, 1.807) is 0 Å². The van der Waals surface area contributed by atoms with E-state index in [4.69, 9.17) is 4.74 Å². The molecule has 2 fully saturated rings. The molecule has 2 aliphatic carbocycles. The van der Waals surface area contributed by atoms with E-state index in [1.165, 1.54) is 18.4 Å². The summed E-state index contributed by atoms with van der Waals surface area (Å²) in [5.74, 6) is 1.72. The quantitative estimate of drug-likeness (QED) is 0.383. The summed E-state index contributed by atoms with van der Waals surface area (Å²) >= 11 is 0. The summed E-state index contributed by atoms with van der Waals surface area (Å²) in [6.45, 7) is 3.38. The first-order valence-corrected chi connectivity index (χ1v) is 10.1. The second kappa shape index (κ2) is 9.09. The van der Waals surface area contributed by atoms with Gasteiger partial charge in [0.2, 0.25) is 0 Å². The Morgan fingerprint density at radius 3 is 2.70 bits per heavy atom. The van der Waals surface area contributed by atoms with Gasteiger partial charge in [0.05, 0.1) is 12.6 Å². The molecule has 1 aromatic carbocycles. The number of fused-ring (bicyclic) bond motifs is 1. The van der Waals surface area contributed by atoms with E-state index in [1.807, 2.05) is 19.2 Å². The van der Waals surface area contributed by atoms with Gasteiger partial charge in [-0.1, -0.05) is 24.3 Å². The van der Waals surface area contributed by atoms with Gasteiger partial charge in [0, 0.05) is 26.7 Å². The lowest BCUT2D eigenvalue weighted by Gasteiger charge is -2.35. The van der Waals surface area contributed by atoms with Crippen LogP contribution in [0.5, 0.6) is 0 Å². The van der Waals surface area contributed by atoms with Gasteiger partial charge in [0.1, 0.15) is 5.60 Å². The maximum atomic E-state index is 11.1. The van der Waals surface area contributed by atoms with Crippen LogP contribution in [0.1, 0.15) is 43.2 Å². The number of halogens is 1. The lowest BCUT2D eigenvalue weighted by molar-refractivity contribution is 0.0121. The molecule has 1 aliphatic heterocycles. The first-order chi connectivity index (χ1) is 12.7. The number of rotatable bonds is 5. The Morgan fingerprint density at radius 1 is 1.26 bits per heavy atom. The van der Waals surface area contributed by atoms with E-state index in [0.717, 1.165) is 62.8 Å². The molecule has 1 atom stereocenters. The molecule has 0 spiro atoms. The van der Waals surface area contributed by atoms with Crippen molar-refractivity contribution in [2.45, 2.75) is 50.2 Å².